The molecule has 0 aliphatic heterocycles. The molecule has 0 radical (unpaired) electrons. The number of aromatic hydroxyl groups is 1. The molecule has 1 N–H and O–H groups in total. The van der Waals surface area contributed by atoms with E-state index in [-0.39, 0.29) is 28.3 Å². The average molecular weight is 507 g/mol. The summed E-state index contributed by atoms with van der Waals surface area (Å²) in [5.74, 6) is 1.16. The van der Waals surface area contributed by atoms with Crippen LogP contribution in [0.5, 0.6) is 5.75 Å². The quantitative estimate of drug-likeness (QED) is 0.280. The van der Waals surface area contributed by atoms with E-state index in [2.05, 4.69) is 11.9 Å². The maximum atomic E-state index is 11.3. The number of nitro benzene ring substituents is 1. The van der Waals surface area contributed by atoms with Crippen LogP contribution < -0.4 is 0 Å². The molecule has 1 aromatic carbocycles. The molecule has 2 saturated carbocycles. The van der Waals surface area contributed by atoms with Crippen LogP contribution in [0.3, 0.4) is 0 Å². The first-order valence-corrected chi connectivity index (χ1v) is 16.3. The van der Waals surface area contributed by atoms with E-state index in [0.29, 0.717) is 5.56 Å². The molecule has 0 saturated heterocycles. The number of halogens is 2. The molecule has 2 aliphatic carbocycles. The summed E-state index contributed by atoms with van der Waals surface area (Å²) in [4.78, 5) is 15.6. The fourth-order valence-corrected chi connectivity index (χ4v) is 4.17. The second kappa shape index (κ2) is 12.3. The summed E-state index contributed by atoms with van der Waals surface area (Å²) in [7, 11) is 9.87. The van der Waals surface area contributed by atoms with Crippen LogP contribution in [0.25, 0.3) is 0 Å². The van der Waals surface area contributed by atoms with Crippen molar-refractivity contribution in [1.29, 1.82) is 0 Å². The van der Waals surface area contributed by atoms with Gasteiger partial charge in [0.05, 0.1) is 4.92 Å². The summed E-state index contributed by atoms with van der Waals surface area (Å²) in [5, 5.41) is 22.0. The van der Waals surface area contributed by atoms with Gasteiger partial charge in [-0.05, 0) is 50.4 Å². The zero-order valence-corrected chi connectivity index (χ0v) is 20.2. The second-order valence-electron chi connectivity index (χ2n) is 7.83. The molecule has 0 unspecified atom stereocenters. The third kappa shape index (κ3) is 7.11. The molecule has 8 heteroatoms. The minimum atomic E-state index is -0.826. The molecule has 2 fully saturated rings. The van der Waals surface area contributed by atoms with E-state index < -0.39 is 20.8 Å². The van der Waals surface area contributed by atoms with Crippen molar-refractivity contribution in [3.63, 3.8) is 0 Å². The number of hydrogen-bond acceptors (Lipinski definition) is 4. The molecule has 2 aliphatic rings. The van der Waals surface area contributed by atoms with Gasteiger partial charge in [0.2, 0.25) is 0 Å². The van der Waals surface area contributed by atoms with E-state index in [4.69, 9.17) is 17.0 Å². The molecule has 5 nitrogen and oxygen atoms in total. The molecular weight excluding hydrogens is 478 g/mol. The van der Waals surface area contributed by atoms with E-state index >= 15 is 0 Å². The predicted molar refractivity (Wildman–Crippen MR) is 111 cm³/mol. The monoisotopic (exact) mass is 504 g/mol. The van der Waals surface area contributed by atoms with Gasteiger partial charge in [0, 0.05) is 35.5 Å². The number of aliphatic imine (C=N–C) groups is 1. The van der Waals surface area contributed by atoms with Crippen LogP contribution in [-0.4, -0.2) is 22.3 Å². The van der Waals surface area contributed by atoms with Crippen LogP contribution in [0.15, 0.2) is 17.1 Å². The Bertz CT molecular complexity index is 674. The SMILES string of the molecule is CC1CCC(N=Cc2cc([N+](=O)[O-])cc(C3CCCCC3)c2O)CC1.[Cl][Zr][Cl]. The summed E-state index contributed by atoms with van der Waals surface area (Å²) in [6, 6.07) is 3.29. The molecule has 154 valence electrons. The Labute approximate surface area is 185 Å². The average Bonchev–Trinajstić information content (AvgIpc) is 2.69. The molecule has 1 aromatic rings. The molecule has 28 heavy (non-hydrogen) atoms. The number of hydrogen-bond donors (Lipinski definition) is 1. The first kappa shape index (κ1) is 23.8. The number of nitro groups is 1. The van der Waals surface area contributed by atoms with Gasteiger partial charge in [-0.15, -0.1) is 0 Å². The Hall–Kier alpha value is -0.447. The number of rotatable bonds is 4. The van der Waals surface area contributed by atoms with E-state index in [1.54, 1.807) is 12.3 Å². The molecule has 0 bridgehead atoms. The Balaban J connectivity index is 0.000000878. The number of phenols is 1. The summed E-state index contributed by atoms with van der Waals surface area (Å²) >= 11 is -0.826. The van der Waals surface area contributed by atoms with Gasteiger partial charge >= 0.3 is 37.9 Å². The molecule has 0 atom stereocenters. The fourth-order valence-electron chi connectivity index (χ4n) is 4.17. The summed E-state index contributed by atoms with van der Waals surface area (Å²) < 4.78 is 0. The fraction of sp³-hybridized carbons (Fsp3) is 0.650. The first-order valence-electron chi connectivity index (χ1n) is 9.97. The van der Waals surface area contributed by atoms with Gasteiger partial charge in [-0.2, -0.15) is 0 Å². The summed E-state index contributed by atoms with van der Waals surface area (Å²) in [6.07, 6.45) is 11.6. The van der Waals surface area contributed by atoms with Gasteiger partial charge in [-0.3, -0.25) is 15.1 Å². The molecule has 0 aromatic heterocycles. The van der Waals surface area contributed by atoms with E-state index in [1.165, 1.54) is 25.3 Å². The molecule has 3 rings (SSSR count). The standard InChI is InChI=1S/C20H28N2O3.2ClH.Zr/c1-14-7-9-17(10-8-14)21-13-16-11-18(22(24)25)12-19(20(16)23)15-5-3-2-4-6-15;;;/h11-15,17,23H,2-10H2,1H3;2*1H;/q;;;+2/p-2. The van der Waals surface area contributed by atoms with E-state index in [9.17, 15) is 15.2 Å². The van der Waals surface area contributed by atoms with Gasteiger partial charge in [0.15, 0.2) is 0 Å². The number of benzene rings is 1. The van der Waals surface area contributed by atoms with Gasteiger partial charge < -0.3 is 5.11 Å². The van der Waals surface area contributed by atoms with Crippen LogP contribution in [0, 0.1) is 16.0 Å². The van der Waals surface area contributed by atoms with Crippen LogP contribution in [0.2, 0.25) is 0 Å². The van der Waals surface area contributed by atoms with Crippen molar-refractivity contribution in [2.24, 2.45) is 10.9 Å². The Morgan fingerprint density at radius 3 is 2.32 bits per heavy atom. The Kier molecular flexibility index (Phi) is 10.5. The van der Waals surface area contributed by atoms with E-state index in [1.807, 2.05) is 0 Å². The number of non-ortho nitro benzene ring substituents is 1. The third-order valence-corrected chi connectivity index (χ3v) is 5.82. The van der Waals surface area contributed by atoms with Crippen LogP contribution in [-0.2, 0) is 20.8 Å². The molecule has 0 amide bonds. The van der Waals surface area contributed by atoms with Crippen LogP contribution >= 0.6 is 17.0 Å². The normalized spacial score (nSPS) is 23.1. The van der Waals surface area contributed by atoms with Crippen molar-refractivity contribution < 1.29 is 30.9 Å². The van der Waals surface area contributed by atoms with E-state index in [0.717, 1.165) is 50.0 Å². The first-order chi connectivity index (χ1) is 13.5. The van der Waals surface area contributed by atoms with Crippen molar-refractivity contribution in [3.05, 3.63) is 33.4 Å². The van der Waals surface area contributed by atoms with Gasteiger partial charge in [0.1, 0.15) is 5.75 Å². The number of nitrogens with zero attached hydrogens (tertiary/aromatic N) is 2. The molecular formula is C20H28Cl2N2O3Zr. The van der Waals surface area contributed by atoms with Gasteiger partial charge in [-0.25, -0.2) is 0 Å². The molecule has 0 heterocycles. The second-order valence-corrected chi connectivity index (χ2v) is 11.6. The van der Waals surface area contributed by atoms with Crippen LogP contribution in [0.1, 0.15) is 81.8 Å². The third-order valence-electron chi connectivity index (χ3n) is 5.82. The maximum absolute atomic E-state index is 11.3. The molecule has 0 spiro atoms. The summed E-state index contributed by atoms with van der Waals surface area (Å²) in [5.41, 5.74) is 1.28. The number of phenolic OH excluding ortho intramolecular Hbond substituents is 1. The summed E-state index contributed by atoms with van der Waals surface area (Å²) in [6.45, 7) is 2.27. The predicted octanol–water partition coefficient (Wildman–Crippen LogP) is 6.72. The Morgan fingerprint density at radius 2 is 1.75 bits per heavy atom. The van der Waals surface area contributed by atoms with Crippen molar-refractivity contribution in [2.45, 2.75) is 76.7 Å². The van der Waals surface area contributed by atoms with Crippen molar-refractivity contribution in [2.75, 3.05) is 0 Å². The topological polar surface area (TPSA) is 75.7 Å². The van der Waals surface area contributed by atoms with Gasteiger partial charge in [-0.1, -0.05) is 26.2 Å². The minimum absolute atomic E-state index is 0.0529. The van der Waals surface area contributed by atoms with Crippen molar-refractivity contribution in [1.82, 2.24) is 0 Å². The van der Waals surface area contributed by atoms with Gasteiger partial charge in [0.25, 0.3) is 5.69 Å². The van der Waals surface area contributed by atoms with Crippen LogP contribution in [0.4, 0.5) is 5.69 Å². The zero-order valence-electron chi connectivity index (χ0n) is 16.2. The zero-order chi connectivity index (χ0) is 20.5. The Morgan fingerprint density at radius 1 is 1.14 bits per heavy atom. The van der Waals surface area contributed by atoms with Crippen molar-refractivity contribution in [3.8, 4) is 5.75 Å². The van der Waals surface area contributed by atoms with Crippen molar-refractivity contribution >= 4 is 28.9 Å².